The van der Waals surface area contributed by atoms with Crippen molar-refractivity contribution in [2.45, 2.75) is 33.6 Å². The van der Waals surface area contributed by atoms with Crippen molar-refractivity contribution in [3.05, 3.63) is 46.8 Å². The van der Waals surface area contributed by atoms with E-state index >= 15 is 0 Å². The van der Waals surface area contributed by atoms with Crippen molar-refractivity contribution < 1.29 is 14.7 Å². The smallest absolute Gasteiger partial charge is 0.303 e. The van der Waals surface area contributed by atoms with Gasteiger partial charge in [-0.15, -0.1) is 0 Å². The molecule has 2 rings (SSSR count). The number of hydrogen-bond acceptors (Lipinski definition) is 3. The fraction of sp³-hybridized carbons (Fsp3) is 0.389. The van der Waals surface area contributed by atoms with E-state index in [9.17, 15) is 9.59 Å². The number of aromatic nitrogens is 2. The van der Waals surface area contributed by atoms with Crippen LogP contribution in [0.5, 0.6) is 0 Å². The Labute approximate surface area is 141 Å². The van der Waals surface area contributed by atoms with Crippen LogP contribution in [0, 0.1) is 20.8 Å². The predicted octanol–water partition coefficient (Wildman–Crippen LogP) is 2.73. The van der Waals surface area contributed by atoms with Gasteiger partial charge in [-0.1, -0.05) is 6.07 Å². The monoisotopic (exact) mass is 329 g/mol. The number of amides is 1. The van der Waals surface area contributed by atoms with E-state index < -0.39 is 5.97 Å². The third kappa shape index (κ3) is 4.22. The lowest BCUT2D eigenvalue weighted by atomic mass is 10.1. The standard InChI is InChI=1S/C18H23N3O3/c1-12-8-13(2)10-15(9-12)21-14(3)11-16(19-21)18(24)20(4)7-5-6-17(22)23/h8-11H,5-7H2,1-4H3,(H,22,23). The van der Waals surface area contributed by atoms with E-state index in [1.807, 2.05) is 32.9 Å². The van der Waals surface area contributed by atoms with E-state index in [0.29, 0.717) is 18.7 Å². The Morgan fingerprint density at radius 2 is 1.75 bits per heavy atom. The molecule has 24 heavy (non-hydrogen) atoms. The van der Waals surface area contributed by atoms with Gasteiger partial charge in [0.15, 0.2) is 5.69 Å². The van der Waals surface area contributed by atoms with Crippen LogP contribution < -0.4 is 0 Å². The first-order chi connectivity index (χ1) is 11.3. The van der Waals surface area contributed by atoms with Crippen molar-refractivity contribution >= 4 is 11.9 Å². The Morgan fingerprint density at radius 3 is 2.33 bits per heavy atom. The quantitative estimate of drug-likeness (QED) is 0.884. The van der Waals surface area contributed by atoms with Gasteiger partial charge in [-0.2, -0.15) is 5.10 Å². The molecule has 0 bridgehead atoms. The number of benzene rings is 1. The van der Waals surface area contributed by atoms with Gasteiger partial charge in [0.05, 0.1) is 5.69 Å². The maximum Gasteiger partial charge on any atom is 0.303 e. The molecule has 6 heteroatoms. The molecule has 6 nitrogen and oxygen atoms in total. The molecule has 0 saturated carbocycles. The molecule has 0 saturated heterocycles. The van der Waals surface area contributed by atoms with E-state index in [-0.39, 0.29) is 12.3 Å². The Kier molecular flexibility index (Phi) is 5.39. The summed E-state index contributed by atoms with van der Waals surface area (Å²) < 4.78 is 1.76. The zero-order valence-corrected chi connectivity index (χ0v) is 14.5. The van der Waals surface area contributed by atoms with Crippen LogP contribution in [0.15, 0.2) is 24.3 Å². The fourth-order valence-electron chi connectivity index (χ4n) is 2.68. The van der Waals surface area contributed by atoms with Crippen LogP contribution in [0.4, 0.5) is 0 Å². The number of hydrogen-bond donors (Lipinski definition) is 1. The highest BCUT2D eigenvalue weighted by Crippen LogP contribution is 2.17. The number of rotatable bonds is 6. The number of carbonyl (C=O) groups excluding carboxylic acids is 1. The van der Waals surface area contributed by atoms with Crippen molar-refractivity contribution in [3.63, 3.8) is 0 Å². The Morgan fingerprint density at radius 1 is 1.12 bits per heavy atom. The molecule has 0 aliphatic rings. The molecule has 0 aliphatic carbocycles. The lowest BCUT2D eigenvalue weighted by molar-refractivity contribution is -0.137. The molecular weight excluding hydrogens is 306 g/mol. The van der Waals surface area contributed by atoms with Crippen LogP contribution in [0.2, 0.25) is 0 Å². The maximum absolute atomic E-state index is 12.5. The van der Waals surface area contributed by atoms with Gasteiger partial charge in [0.1, 0.15) is 0 Å². The van der Waals surface area contributed by atoms with Gasteiger partial charge >= 0.3 is 5.97 Å². The van der Waals surface area contributed by atoms with Crippen LogP contribution in [0.3, 0.4) is 0 Å². The van der Waals surface area contributed by atoms with Crippen molar-refractivity contribution in [1.82, 2.24) is 14.7 Å². The van der Waals surface area contributed by atoms with Crippen LogP contribution >= 0.6 is 0 Å². The second-order valence-electron chi connectivity index (χ2n) is 6.15. The first-order valence-electron chi connectivity index (χ1n) is 7.90. The number of aliphatic carboxylic acids is 1. The zero-order chi connectivity index (χ0) is 17.9. The van der Waals surface area contributed by atoms with E-state index in [1.165, 1.54) is 4.90 Å². The topological polar surface area (TPSA) is 75.4 Å². The Bertz CT molecular complexity index is 745. The van der Waals surface area contributed by atoms with Crippen LogP contribution in [-0.2, 0) is 4.79 Å². The minimum atomic E-state index is -0.856. The van der Waals surface area contributed by atoms with Crippen LogP contribution in [0.1, 0.15) is 40.2 Å². The minimum absolute atomic E-state index is 0.0493. The fourth-order valence-corrected chi connectivity index (χ4v) is 2.68. The first-order valence-corrected chi connectivity index (χ1v) is 7.90. The average molecular weight is 329 g/mol. The summed E-state index contributed by atoms with van der Waals surface area (Å²) in [7, 11) is 1.66. The minimum Gasteiger partial charge on any atom is -0.481 e. The van der Waals surface area contributed by atoms with E-state index in [2.05, 4.69) is 11.2 Å². The van der Waals surface area contributed by atoms with Gasteiger partial charge in [-0.05, 0) is 56.5 Å². The highest BCUT2D eigenvalue weighted by atomic mass is 16.4. The summed E-state index contributed by atoms with van der Waals surface area (Å²) in [5, 5.41) is 13.1. The molecule has 1 heterocycles. The Hall–Kier alpha value is -2.63. The molecule has 2 aromatic rings. The summed E-state index contributed by atoms with van der Waals surface area (Å²) in [6, 6.07) is 7.90. The lowest BCUT2D eigenvalue weighted by Gasteiger charge is -2.14. The molecule has 1 amide bonds. The highest BCUT2D eigenvalue weighted by Gasteiger charge is 2.17. The molecule has 1 aromatic carbocycles. The van der Waals surface area contributed by atoms with Crippen molar-refractivity contribution in [2.24, 2.45) is 0 Å². The van der Waals surface area contributed by atoms with Gasteiger partial charge in [-0.25, -0.2) is 4.68 Å². The van der Waals surface area contributed by atoms with Crippen molar-refractivity contribution in [2.75, 3.05) is 13.6 Å². The second kappa shape index (κ2) is 7.29. The predicted molar refractivity (Wildman–Crippen MR) is 91.6 cm³/mol. The number of nitrogens with zero attached hydrogens (tertiary/aromatic N) is 3. The van der Waals surface area contributed by atoms with E-state index in [4.69, 9.17) is 5.11 Å². The SMILES string of the molecule is Cc1cc(C)cc(-n2nc(C(=O)N(C)CCCC(=O)O)cc2C)c1. The van der Waals surface area contributed by atoms with E-state index in [0.717, 1.165) is 22.5 Å². The summed E-state index contributed by atoms with van der Waals surface area (Å²) in [5.74, 6) is -1.06. The van der Waals surface area contributed by atoms with Gasteiger partial charge in [0.2, 0.25) is 0 Å². The molecule has 0 atom stereocenters. The molecule has 0 aliphatic heterocycles. The second-order valence-corrected chi connectivity index (χ2v) is 6.15. The van der Waals surface area contributed by atoms with Gasteiger partial charge < -0.3 is 10.0 Å². The summed E-state index contributed by atoms with van der Waals surface area (Å²) >= 11 is 0. The first kappa shape index (κ1) is 17.7. The maximum atomic E-state index is 12.5. The van der Waals surface area contributed by atoms with Gasteiger partial charge in [-0.3, -0.25) is 9.59 Å². The number of carboxylic acids is 1. The summed E-state index contributed by atoms with van der Waals surface area (Å²) in [6.07, 6.45) is 0.474. The number of carbonyl (C=O) groups is 2. The van der Waals surface area contributed by atoms with Gasteiger partial charge in [0.25, 0.3) is 5.91 Å². The third-order valence-corrected chi connectivity index (χ3v) is 3.79. The van der Waals surface area contributed by atoms with Crippen LogP contribution in [-0.4, -0.2) is 45.3 Å². The average Bonchev–Trinajstić information content (AvgIpc) is 2.87. The molecule has 1 N–H and O–H groups in total. The molecule has 1 aromatic heterocycles. The zero-order valence-electron chi connectivity index (χ0n) is 14.5. The summed E-state index contributed by atoms with van der Waals surface area (Å²) in [6.45, 7) is 6.35. The summed E-state index contributed by atoms with van der Waals surface area (Å²) in [4.78, 5) is 24.5. The molecule has 0 radical (unpaired) electrons. The van der Waals surface area contributed by atoms with Crippen molar-refractivity contribution in [1.29, 1.82) is 0 Å². The highest BCUT2D eigenvalue weighted by molar-refractivity contribution is 5.92. The number of aryl methyl sites for hydroxylation is 3. The largest absolute Gasteiger partial charge is 0.481 e. The number of carboxylic acid groups (broad SMARTS) is 1. The Balaban J connectivity index is 2.18. The lowest BCUT2D eigenvalue weighted by Crippen LogP contribution is -2.28. The molecule has 128 valence electrons. The molecular formula is C18H23N3O3. The van der Waals surface area contributed by atoms with E-state index in [1.54, 1.807) is 17.8 Å². The molecule has 0 fully saturated rings. The van der Waals surface area contributed by atoms with Crippen LogP contribution in [0.25, 0.3) is 5.69 Å². The van der Waals surface area contributed by atoms with Crippen molar-refractivity contribution in [3.8, 4) is 5.69 Å². The molecule has 0 unspecified atom stereocenters. The summed E-state index contributed by atoms with van der Waals surface area (Å²) in [5.41, 5.74) is 4.45. The normalized spacial score (nSPS) is 10.7. The third-order valence-electron chi connectivity index (χ3n) is 3.79. The van der Waals surface area contributed by atoms with Gasteiger partial charge in [0, 0.05) is 25.7 Å². The molecule has 0 spiro atoms.